The molecule has 1 saturated carbocycles. The largest absolute Gasteiger partial charge is 0.462 e. The molecule has 2 fully saturated rings. The van der Waals surface area contributed by atoms with Crippen LogP contribution in [0.2, 0.25) is 0 Å². The van der Waals surface area contributed by atoms with Crippen LogP contribution in [0.4, 0.5) is 0 Å². The third-order valence-corrected chi connectivity index (χ3v) is 6.00. The average Bonchev–Trinajstić information content (AvgIpc) is 3.15. The molecule has 2 aliphatic rings. The molecular weight excluding hydrogens is 368 g/mol. The molecule has 1 aliphatic heterocycles. The Morgan fingerprint density at radius 2 is 2.14 bits per heavy atom. The summed E-state index contributed by atoms with van der Waals surface area (Å²) in [7, 11) is 2.08. The number of nitrogens with two attached hydrogens (primary N) is 1. The standard InChI is InChI=1S/C22H32N4O3/c1-3-7-17(20(23)16-9-4-5-10-19(16)27)21(28)18-11-12-24-22(25-18)29-14-15-8-6-13-26(15)2/h11-12,15-16H,3-10,13-14,23H2,1-2H3/b20-17-/t15-,16-/m0/s1. The van der Waals surface area contributed by atoms with Crippen LogP contribution in [0.1, 0.15) is 68.8 Å². The molecule has 29 heavy (non-hydrogen) atoms. The molecule has 0 radical (unpaired) electrons. The van der Waals surface area contributed by atoms with Gasteiger partial charge in [0.15, 0.2) is 0 Å². The summed E-state index contributed by atoms with van der Waals surface area (Å²) in [4.78, 5) is 36.3. The topological polar surface area (TPSA) is 98.4 Å². The number of rotatable bonds is 8. The number of likely N-dealkylation sites (tertiary alicyclic amines) is 1. The second kappa shape index (κ2) is 9.96. The van der Waals surface area contributed by atoms with Crippen LogP contribution in [0.25, 0.3) is 0 Å². The molecule has 2 heterocycles. The summed E-state index contributed by atoms with van der Waals surface area (Å²) in [5, 5.41) is 0. The van der Waals surface area contributed by atoms with E-state index in [0.29, 0.717) is 36.8 Å². The molecule has 1 saturated heterocycles. The zero-order valence-corrected chi connectivity index (χ0v) is 17.5. The van der Waals surface area contributed by atoms with Crippen LogP contribution in [0.15, 0.2) is 23.5 Å². The number of aromatic nitrogens is 2. The van der Waals surface area contributed by atoms with E-state index < -0.39 is 0 Å². The quantitative estimate of drug-likeness (QED) is 0.529. The summed E-state index contributed by atoms with van der Waals surface area (Å²) in [6.45, 7) is 3.57. The van der Waals surface area contributed by atoms with Crippen molar-refractivity contribution in [3.05, 3.63) is 29.2 Å². The van der Waals surface area contributed by atoms with Gasteiger partial charge in [0, 0.05) is 29.9 Å². The maximum Gasteiger partial charge on any atom is 0.317 e. The SMILES string of the molecule is CCC/C(C(=O)c1ccnc(OC[C@@H]2CCCN2C)n1)=C(/N)[C@H]1CCCCC1=O. The van der Waals surface area contributed by atoms with Gasteiger partial charge < -0.3 is 15.4 Å². The highest BCUT2D eigenvalue weighted by Crippen LogP contribution is 2.28. The van der Waals surface area contributed by atoms with Crippen LogP contribution >= 0.6 is 0 Å². The van der Waals surface area contributed by atoms with Crippen LogP contribution in [-0.2, 0) is 4.79 Å². The number of hydrogen-bond acceptors (Lipinski definition) is 7. The van der Waals surface area contributed by atoms with Crippen LogP contribution in [0.5, 0.6) is 6.01 Å². The first-order chi connectivity index (χ1) is 14.0. The molecule has 1 aromatic rings. The Morgan fingerprint density at radius 3 is 2.83 bits per heavy atom. The second-order valence-corrected chi connectivity index (χ2v) is 8.09. The van der Waals surface area contributed by atoms with Gasteiger partial charge in [0.25, 0.3) is 0 Å². The lowest BCUT2D eigenvalue weighted by molar-refractivity contribution is -0.123. The highest BCUT2D eigenvalue weighted by molar-refractivity contribution is 6.08. The minimum absolute atomic E-state index is 0.141. The van der Waals surface area contributed by atoms with Crippen LogP contribution in [0, 0.1) is 5.92 Å². The van der Waals surface area contributed by atoms with E-state index >= 15 is 0 Å². The van der Waals surface area contributed by atoms with E-state index in [2.05, 4.69) is 21.9 Å². The van der Waals surface area contributed by atoms with Crippen molar-refractivity contribution >= 4 is 11.6 Å². The van der Waals surface area contributed by atoms with E-state index in [1.54, 1.807) is 12.3 Å². The Bertz CT molecular complexity index is 777. The Balaban J connectivity index is 1.77. The number of carbonyl (C=O) groups is 2. The number of Topliss-reactive ketones (excluding diaryl/α,β-unsaturated/α-hetero) is 2. The number of carbonyl (C=O) groups excluding carboxylic acids is 2. The number of allylic oxidation sites excluding steroid dienone is 2. The highest BCUT2D eigenvalue weighted by Gasteiger charge is 2.29. The Morgan fingerprint density at radius 1 is 1.31 bits per heavy atom. The lowest BCUT2D eigenvalue weighted by atomic mass is 9.82. The first-order valence-corrected chi connectivity index (χ1v) is 10.7. The highest BCUT2D eigenvalue weighted by atomic mass is 16.5. The molecule has 0 spiro atoms. The fourth-order valence-corrected chi connectivity index (χ4v) is 4.21. The van der Waals surface area contributed by atoms with Crippen molar-refractivity contribution in [2.24, 2.45) is 11.7 Å². The van der Waals surface area contributed by atoms with E-state index in [1.165, 1.54) is 0 Å². The molecule has 158 valence electrons. The average molecular weight is 401 g/mol. The van der Waals surface area contributed by atoms with E-state index in [1.807, 2.05) is 6.92 Å². The zero-order chi connectivity index (χ0) is 20.8. The summed E-state index contributed by atoms with van der Waals surface area (Å²) in [5.74, 6) is -0.430. The molecule has 0 aromatic carbocycles. The zero-order valence-electron chi connectivity index (χ0n) is 17.5. The lowest BCUT2D eigenvalue weighted by Crippen LogP contribution is -2.31. The predicted molar refractivity (Wildman–Crippen MR) is 111 cm³/mol. The maximum atomic E-state index is 13.2. The van der Waals surface area contributed by atoms with Gasteiger partial charge in [0.1, 0.15) is 18.1 Å². The third-order valence-electron chi connectivity index (χ3n) is 6.00. The fraction of sp³-hybridized carbons (Fsp3) is 0.636. The van der Waals surface area contributed by atoms with Crippen LogP contribution < -0.4 is 10.5 Å². The summed E-state index contributed by atoms with van der Waals surface area (Å²) in [5.41, 5.74) is 7.56. The second-order valence-electron chi connectivity index (χ2n) is 8.09. The monoisotopic (exact) mass is 400 g/mol. The van der Waals surface area contributed by atoms with E-state index in [9.17, 15) is 9.59 Å². The van der Waals surface area contributed by atoms with Gasteiger partial charge in [-0.2, -0.15) is 4.98 Å². The molecule has 7 heteroatoms. The lowest BCUT2D eigenvalue weighted by Gasteiger charge is -2.23. The molecule has 3 rings (SSSR count). The van der Waals surface area contributed by atoms with Gasteiger partial charge in [0.05, 0.1) is 5.92 Å². The third kappa shape index (κ3) is 5.21. The van der Waals surface area contributed by atoms with Gasteiger partial charge in [-0.1, -0.05) is 19.8 Å². The van der Waals surface area contributed by atoms with Crippen molar-refractivity contribution in [1.29, 1.82) is 0 Å². The van der Waals surface area contributed by atoms with Crippen LogP contribution in [-0.4, -0.2) is 52.7 Å². The summed E-state index contributed by atoms with van der Waals surface area (Å²) >= 11 is 0. The van der Waals surface area contributed by atoms with Crippen molar-refractivity contribution in [3.63, 3.8) is 0 Å². The smallest absolute Gasteiger partial charge is 0.317 e. The van der Waals surface area contributed by atoms with Crippen molar-refractivity contribution in [3.8, 4) is 6.01 Å². The number of nitrogens with zero attached hydrogens (tertiary/aromatic N) is 3. The number of hydrogen-bond donors (Lipinski definition) is 1. The van der Waals surface area contributed by atoms with E-state index in [4.69, 9.17) is 10.5 Å². The van der Waals surface area contributed by atoms with Crippen molar-refractivity contribution in [2.45, 2.75) is 64.3 Å². The number of likely N-dealkylation sites (N-methyl/N-ethyl adjacent to an activating group) is 1. The molecule has 0 bridgehead atoms. The van der Waals surface area contributed by atoms with Gasteiger partial charge in [-0.15, -0.1) is 0 Å². The summed E-state index contributed by atoms with van der Waals surface area (Å²) in [6.07, 6.45) is 8.22. The van der Waals surface area contributed by atoms with Gasteiger partial charge in [-0.25, -0.2) is 4.98 Å². The number of ketones is 2. The van der Waals surface area contributed by atoms with Crippen LogP contribution in [0.3, 0.4) is 0 Å². The molecule has 0 amide bonds. The van der Waals surface area contributed by atoms with Gasteiger partial charge in [-0.3, -0.25) is 9.59 Å². The Labute approximate surface area is 172 Å². The fourth-order valence-electron chi connectivity index (χ4n) is 4.21. The molecular formula is C22H32N4O3. The molecule has 0 unspecified atom stereocenters. The normalized spacial score (nSPS) is 23.7. The Hall–Kier alpha value is -2.28. The van der Waals surface area contributed by atoms with Crippen molar-refractivity contribution in [2.75, 3.05) is 20.2 Å². The van der Waals surface area contributed by atoms with Gasteiger partial charge in [-0.05, 0) is 51.8 Å². The first-order valence-electron chi connectivity index (χ1n) is 10.7. The Kier molecular flexibility index (Phi) is 7.36. The molecule has 2 atom stereocenters. The van der Waals surface area contributed by atoms with Gasteiger partial charge >= 0.3 is 6.01 Å². The predicted octanol–water partition coefficient (Wildman–Crippen LogP) is 2.90. The first kappa shape index (κ1) is 21.4. The molecule has 1 aliphatic carbocycles. The van der Waals surface area contributed by atoms with Crippen molar-refractivity contribution in [1.82, 2.24) is 14.9 Å². The molecule has 1 aromatic heterocycles. The summed E-state index contributed by atoms with van der Waals surface area (Å²) in [6, 6.07) is 2.14. The minimum Gasteiger partial charge on any atom is -0.462 e. The minimum atomic E-state index is -0.343. The van der Waals surface area contributed by atoms with Crippen molar-refractivity contribution < 1.29 is 14.3 Å². The molecule has 2 N–H and O–H groups in total. The maximum absolute atomic E-state index is 13.2. The van der Waals surface area contributed by atoms with E-state index in [0.717, 1.165) is 45.1 Å². The van der Waals surface area contributed by atoms with Gasteiger partial charge in [0.2, 0.25) is 5.78 Å². The number of ether oxygens (including phenoxy) is 1. The van der Waals surface area contributed by atoms with E-state index in [-0.39, 0.29) is 29.2 Å². The summed E-state index contributed by atoms with van der Waals surface area (Å²) < 4.78 is 5.77. The molecule has 7 nitrogen and oxygen atoms in total.